The number of nitrogens with one attached hydrogen (secondary N) is 1. The van der Waals surface area contributed by atoms with Gasteiger partial charge in [-0.25, -0.2) is 4.98 Å². The van der Waals surface area contributed by atoms with Crippen LogP contribution in [0.2, 0.25) is 0 Å². The van der Waals surface area contributed by atoms with E-state index in [0.717, 1.165) is 18.4 Å². The van der Waals surface area contributed by atoms with Crippen LogP contribution in [0.1, 0.15) is 43.8 Å². The molecule has 3 heteroatoms. The molecule has 0 aliphatic heterocycles. The molecule has 1 aliphatic carbocycles. The smallest absolute Gasteiger partial charge is 0.0897 e. The minimum absolute atomic E-state index is 0.241. The van der Waals surface area contributed by atoms with Gasteiger partial charge in [-0.15, -0.1) is 11.3 Å². The summed E-state index contributed by atoms with van der Waals surface area (Å²) in [6.07, 6.45) is 1.31. The second kappa shape index (κ2) is 3.87. The van der Waals surface area contributed by atoms with Crippen molar-refractivity contribution in [3.05, 3.63) is 16.1 Å². The SMILES string of the molecule is Cc1nc(C2CC2CNC(C)(C)C)cs1. The third-order valence-electron chi connectivity index (χ3n) is 2.83. The van der Waals surface area contributed by atoms with Crippen LogP contribution in [-0.4, -0.2) is 17.1 Å². The molecule has 1 N–H and O–H groups in total. The molecule has 84 valence electrons. The lowest BCUT2D eigenvalue weighted by Crippen LogP contribution is -2.37. The van der Waals surface area contributed by atoms with Gasteiger partial charge < -0.3 is 5.32 Å². The van der Waals surface area contributed by atoms with Crippen molar-refractivity contribution >= 4 is 11.3 Å². The molecule has 0 saturated heterocycles. The van der Waals surface area contributed by atoms with Crippen molar-refractivity contribution in [1.29, 1.82) is 0 Å². The average molecular weight is 224 g/mol. The number of hydrogen-bond acceptors (Lipinski definition) is 3. The Bertz CT molecular complexity index is 338. The number of hydrogen-bond donors (Lipinski definition) is 1. The second-order valence-electron chi connectivity index (χ2n) is 5.52. The molecule has 0 spiro atoms. The van der Waals surface area contributed by atoms with E-state index in [9.17, 15) is 0 Å². The topological polar surface area (TPSA) is 24.9 Å². The van der Waals surface area contributed by atoms with Gasteiger partial charge in [-0.2, -0.15) is 0 Å². The Balaban J connectivity index is 1.81. The molecule has 1 fully saturated rings. The van der Waals surface area contributed by atoms with Crippen LogP contribution in [0.3, 0.4) is 0 Å². The summed E-state index contributed by atoms with van der Waals surface area (Å²) < 4.78 is 0. The number of rotatable bonds is 3. The van der Waals surface area contributed by atoms with E-state index in [2.05, 4.69) is 43.4 Å². The molecule has 1 aromatic rings. The van der Waals surface area contributed by atoms with Crippen LogP contribution < -0.4 is 5.32 Å². The zero-order valence-corrected chi connectivity index (χ0v) is 10.8. The number of thiazole rings is 1. The highest BCUT2D eigenvalue weighted by Crippen LogP contribution is 2.47. The Morgan fingerprint density at radius 2 is 2.27 bits per heavy atom. The van der Waals surface area contributed by atoms with E-state index in [1.807, 2.05) is 0 Å². The Morgan fingerprint density at radius 3 is 2.80 bits per heavy atom. The van der Waals surface area contributed by atoms with Gasteiger partial charge in [-0.05, 0) is 46.6 Å². The molecule has 0 bridgehead atoms. The van der Waals surface area contributed by atoms with Gasteiger partial charge in [0.2, 0.25) is 0 Å². The summed E-state index contributed by atoms with van der Waals surface area (Å²) in [7, 11) is 0. The Morgan fingerprint density at radius 1 is 1.53 bits per heavy atom. The molecule has 1 heterocycles. The van der Waals surface area contributed by atoms with E-state index >= 15 is 0 Å². The highest BCUT2D eigenvalue weighted by Gasteiger charge is 2.39. The minimum Gasteiger partial charge on any atom is -0.312 e. The normalized spacial score (nSPS) is 25.6. The molecule has 0 radical (unpaired) electrons. The molecule has 1 aromatic heterocycles. The molecule has 2 unspecified atom stereocenters. The van der Waals surface area contributed by atoms with Crippen molar-refractivity contribution in [2.24, 2.45) is 5.92 Å². The molecule has 0 aromatic carbocycles. The predicted molar refractivity (Wildman–Crippen MR) is 65.5 cm³/mol. The first kappa shape index (κ1) is 11.1. The first-order chi connectivity index (χ1) is 6.96. The maximum absolute atomic E-state index is 4.56. The number of aromatic nitrogens is 1. The van der Waals surface area contributed by atoms with Crippen molar-refractivity contribution in [2.45, 2.75) is 45.6 Å². The van der Waals surface area contributed by atoms with Crippen LogP contribution >= 0.6 is 11.3 Å². The van der Waals surface area contributed by atoms with Crippen LogP contribution in [0.4, 0.5) is 0 Å². The summed E-state index contributed by atoms with van der Waals surface area (Å²) >= 11 is 1.77. The predicted octanol–water partition coefficient (Wildman–Crippen LogP) is 2.94. The molecule has 0 amide bonds. The lowest BCUT2D eigenvalue weighted by Gasteiger charge is -2.20. The Hall–Kier alpha value is -0.410. The number of nitrogens with zero attached hydrogens (tertiary/aromatic N) is 1. The van der Waals surface area contributed by atoms with Gasteiger partial charge in [0.25, 0.3) is 0 Å². The van der Waals surface area contributed by atoms with Crippen molar-refractivity contribution in [3.63, 3.8) is 0 Å². The number of aryl methyl sites for hydroxylation is 1. The summed E-state index contributed by atoms with van der Waals surface area (Å²) in [5.41, 5.74) is 1.56. The van der Waals surface area contributed by atoms with E-state index in [4.69, 9.17) is 0 Å². The quantitative estimate of drug-likeness (QED) is 0.854. The zero-order chi connectivity index (χ0) is 11.1. The summed E-state index contributed by atoms with van der Waals surface area (Å²) in [5, 5.41) is 6.98. The second-order valence-corrected chi connectivity index (χ2v) is 6.59. The van der Waals surface area contributed by atoms with Crippen LogP contribution in [0.5, 0.6) is 0 Å². The Labute approximate surface area is 96.1 Å². The van der Waals surface area contributed by atoms with Gasteiger partial charge in [-0.1, -0.05) is 0 Å². The fourth-order valence-corrected chi connectivity index (χ4v) is 2.50. The van der Waals surface area contributed by atoms with Gasteiger partial charge in [0, 0.05) is 16.8 Å². The van der Waals surface area contributed by atoms with Gasteiger partial charge in [0.15, 0.2) is 0 Å². The van der Waals surface area contributed by atoms with Gasteiger partial charge in [-0.3, -0.25) is 0 Å². The molecule has 1 aliphatic rings. The van der Waals surface area contributed by atoms with E-state index in [-0.39, 0.29) is 5.54 Å². The molecule has 2 atom stereocenters. The van der Waals surface area contributed by atoms with Crippen molar-refractivity contribution in [3.8, 4) is 0 Å². The summed E-state index contributed by atoms with van der Waals surface area (Å²) in [6, 6.07) is 0. The van der Waals surface area contributed by atoms with Crippen LogP contribution in [0, 0.1) is 12.8 Å². The largest absolute Gasteiger partial charge is 0.312 e. The fourth-order valence-electron chi connectivity index (χ4n) is 1.82. The van der Waals surface area contributed by atoms with Crippen LogP contribution in [-0.2, 0) is 0 Å². The minimum atomic E-state index is 0.241. The molecule has 15 heavy (non-hydrogen) atoms. The van der Waals surface area contributed by atoms with Crippen LogP contribution in [0.15, 0.2) is 5.38 Å². The standard InChI is InChI=1S/C12H20N2S/c1-8-14-11(7-15-8)10-5-9(10)6-13-12(2,3)4/h7,9-10,13H,5-6H2,1-4H3. The molecule has 2 rings (SSSR count). The molecular weight excluding hydrogens is 204 g/mol. The van der Waals surface area contributed by atoms with Crippen molar-refractivity contribution in [2.75, 3.05) is 6.54 Å². The lowest BCUT2D eigenvalue weighted by molar-refractivity contribution is 0.414. The molecule has 1 saturated carbocycles. The maximum atomic E-state index is 4.56. The highest BCUT2D eigenvalue weighted by molar-refractivity contribution is 7.09. The summed E-state index contributed by atoms with van der Waals surface area (Å²) in [4.78, 5) is 4.56. The maximum Gasteiger partial charge on any atom is 0.0897 e. The third kappa shape index (κ3) is 3.02. The Kier molecular flexibility index (Phi) is 2.86. The highest BCUT2D eigenvalue weighted by atomic mass is 32.1. The average Bonchev–Trinajstić information content (AvgIpc) is 2.77. The zero-order valence-electron chi connectivity index (χ0n) is 10.0. The first-order valence-corrected chi connectivity index (χ1v) is 6.51. The van der Waals surface area contributed by atoms with Crippen molar-refractivity contribution in [1.82, 2.24) is 10.3 Å². The summed E-state index contributed by atoms with van der Waals surface area (Å²) in [5.74, 6) is 1.54. The monoisotopic (exact) mass is 224 g/mol. The first-order valence-electron chi connectivity index (χ1n) is 5.63. The van der Waals surface area contributed by atoms with E-state index in [1.54, 1.807) is 11.3 Å². The van der Waals surface area contributed by atoms with Gasteiger partial charge in [0.1, 0.15) is 0 Å². The van der Waals surface area contributed by atoms with E-state index in [0.29, 0.717) is 0 Å². The van der Waals surface area contributed by atoms with Gasteiger partial charge in [0.05, 0.1) is 10.7 Å². The van der Waals surface area contributed by atoms with Gasteiger partial charge >= 0.3 is 0 Å². The van der Waals surface area contributed by atoms with Crippen molar-refractivity contribution < 1.29 is 0 Å². The van der Waals surface area contributed by atoms with Crippen LogP contribution in [0.25, 0.3) is 0 Å². The third-order valence-corrected chi connectivity index (χ3v) is 3.63. The fraction of sp³-hybridized carbons (Fsp3) is 0.750. The lowest BCUT2D eigenvalue weighted by atomic mass is 10.1. The summed E-state index contributed by atoms with van der Waals surface area (Å²) in [6.45, 7) is 9.87. The molecule has 2 nitrogen and oxygen atoms in total. The molecular formula is C12H20N2S. The van der Waals surface area contributed by atoms with E-state index < -0.39 is 0 Å². The van der Waals surface area contributed by atoms with E-state index in [1.165, 1.54) is 17.1 Å².